The van der Waals surface area contributed by atoms with E-state index in [0.29, 0.717) is 23.0 Å². The topological polar surface area (TPSA) is 161 Å². The van der Waals surface area contributed by atoms with Gasteiger partial charge in [0, 0.05) is 29.8 Å². The van der Waals surface area contributed by atoms with E-state index in [-0.39, 0.29) is 24.1 Å². The molecule has 0 spiro atoms. The number of carbonyl (C=O) groups is 1. The van der Waals surface area contributed by atoms with Crippen LogP contribution >= 0.6 is 0 Å². The van der Waals surface area contributed by atoms with Crippen LogP contribution in [0.2, 0.25) is 0 Å². The maximum absolute atomic E-state index is 12.0. The number of nitrogen functional groups attached to an aromatic ring is 1. The number of esters is 1. The maximum atomic E-state index is 12.0. The van der Waals surface area contributed by atoms with Crippen LogP contribution in [-0.4, -0.2) is 56.5 Å². The highest BCUT2D eigenvalue weighted by molar-refractivity contribution is 6.10. The third-order valence-electron chi connectivity index (χ3n) is 5.84. The van der Waals surface area contributed by atoms with Gasteiger partial charge in [-0.2, -0.15) is 4.98 Å². The van der Waals surface area contributed by atoms with E-state index in [9.17, 15) is 19.8 Å². The van der Waals surface area contributed by atoms with Crippen molar-refractivity contribution in [2.75, 3.05) is 17.7 Å². The van der Waals surface area contributed by atoms with Gasteiger partial charge in [0.2, 0.25) is 0 Å². The molecule has 1 saturated heterocycles. The van der Waals surface area contributed by atoms with Crippen molar-refractivity contribution >= 4 is 40.4 Å². The van der Waals surface area contributed by atoms with Crippen LogP contribution in [0.4, 0.5) is 17.3 Å². The molecule has 4 atom stereocenters. The third-order valence-corrected chi connectivity index (χ3v) is 5.84. The summed E-state index contributed by atoms with van der Waals surface area (Å²) in [6.45, 7) is 3.29. The van der Waals surface area contributed by atoms with Crippen LogP contribution < -0.4 is 16.6 Å². The summed E-state index contributed by atoms with van der Waals surface area (Å²) in [6, 6.07) is 1.20. The van der Waals surface area contributed by atoms with Crippen LogP contribution in [0.1, 0.15) is 45.8 Å². The maximum Gasteiger partial charge on any atom is 0.305 e. The number of aliphatic hydroxyl groups is 2. The molecule has 4 heterocycles. The number of nitrogens with two attached hydrogens (primary N) is 1. The fourth-order valence-corrected chi connectivity index (χ4v) is 4.09. The Kier molecular flexibility index (Phi) is 5.89. The first-order valence-electron chi connectivity index (χ1n) is 10.6. The lowest BCUT2D eigenvalue weighted by molar-refractivity contribution is -0.150. The summed E-state index contributed by atoms with van der Waals surface area (Å²) >= 11 is 0. The lowest BCUT2D eigenvalue weighted by Crippen LogP contribution is -2.44. The number of hydrogen-bond acceptors (Lipinski definition) is 10. The van der Waals surface area contributed by atoms with Crippen LogP contribution in [0, 0.1) is 0 Å². The highest BCUT2D eigenvalue weighted by Crippen LogP contribution is 2.45. The van der Waals surface area contributed by atoms with E-state index in [0.717, 1.165) is 19.3 Å². The second-order valence-electron chi connectivity index (χ2n) is 8.29. The monoisotopic (exact) mass is 445 g/mol. The number of carbonyl (C=O) groups excluding carboxylic acids is 1. The number of hydrogen-bond donors (Lipinski definition) is 4. The summed E-state index contributed by atoms with van der Waals surface area (Å²) in [4.78, 5) is 32.2. The quantitative estimate of drug-likeness (QED) is 0.362. The van der Waals surface area contributed by atoms with Crippen molar-refractivity contribution in [1.82, 2.24) is 9.55 Å². The Balaban J connectivity index is 1.63. The average Bonchev–Trinajstić information content (AvgIpc) is 3.18. The number of aliphatic hydroxyl groups excluding tert-OH is 1. The van der Waals surface area contributed by atoms with Crippen LogP contribution in [0.25, 0.3) is 10.8 Å². The van der Waals surface area contributed by atoms with E-state index in [1.807, 2.05) is 6.92 Å². The minimum atomic E-state index is -1.72. The van der Waals surface area contributed by atoms with Crippen LogP contribution in [0.15, 0.2) is 22.1 Å². The molecule has 0 saturated carbocycles. The smallest absolute Gasteiger partial charge is 0.305 e. The molecular formula is C21H27N5O6. The molecule has 0 radical (unpaired) electrons. The number of aromatic nitrogens is 2. The number of aliphatic imine (C=N–C) groups is 1. The number of nitrogens with one attached hydrogen (secondary N) is 1. The summed E-state index contributed by atoms with van der Waals surface area (Å²) in [5.41, 5.74) is 4.04. The SMILES string of the molecule is CCCCCC(=O)OC[C@H]1O[C@@H](n2cc3c(N)cc(=O)nc4c3c2N=CN4)[C@](C)(O)[C@@H]1O. The molecule has 0 aromatic carbocycles. The lowest BCUT2D eigenvalue weighted by Gasteiger charge is -2.28. The zero-order chi connectivity index (χ0) is 23.0. The Bertz CT molecular complexity index is 1130. The molecule has 2 aliphatic heterocycles. The summed E-state index contributed by atoms with van der Waals surface area (Å²) in [6.07, 6.45) is 2.60. The molecule has 2 aromatic rings. The molecule has 2 aromatic heterocycles. The van der Waals surface area contributed by atoms with Gasteiger partial charge in [-0.15, -0.1) is 0 Å². The van der Waals surface area contributed by atoms with Crippen LogP contribution in [-0.2, 0) is 14.3 Å². The molecule has 0 bridgehead atoms. The minimum absolute atomic E-state index is 0.191. The molecule has 11 heteroatoms. The van der Waals surface area contributed by atoms with Gasteiger partial charge in [-0.3, -0.25) is 9.59 Å². The van der Waals surface area contributed by atoms with E-state index in [1.54, 1.807) is 10.8 Å². The lowest BCUT2D eigenvalue weighted by atomic mass is 9.96. The second kappa shape index (κ2) is 8.49. The summed E-state index contributed by atoms with van der Waals surface area (Å²) < 4.78 is 12.7. The number of rotatable bonds is 7. The Labute approximate surface area is 183 Å². The zero-order valence-corrected chi connectivity index (χ0v) is 17.9. The van der Waals surface area contributed by atoms with Crippen molar-refractivity contribution in [2.45, 2.75) is 63.6 Å². The fraction of sp³-hybridized carbons (Fsp3) is 0.524. The highest BCUT2D eigenvalue weighted by Gasteiger charge is 2.54. The number of ether oxygens (including phenoxy) is 2. The fourth-order valence-electron chi connectivity index (χ4n) is 4.09. The average molecular weight is 445 g/mol. The van der Waals surface area contributed by atoms with Crippen LogP contribution in [0.5, 0.6) is 0 Å². The van der Waals surface area contributed by atoms with Crippen molar-refractivity contribution in [3.63, 3.8) is 0 Å². The number of nitrogens with zero attached hydrogens (tertiary/aromatic N) is 3. The Hall–Kier alpha value is -3.02. The van der Waals surface area contributed by atoms with E-state index >= 15 is 0 Å². The standard InChI is InChI=1S/C21H27N5O6/c1-3-4-5-6-15(28)31-9-13-17(29)21(2,30)20(32-13)26-8-11-12(22)7-14(27)25-18-16(11)19(26)24-10-23-18/h7-8,10,13,17,20,29-30H,3-6,9,22H2,1-2H3,(H,23,24,25,27)/t13-,17-,20-,21-/m1/s1. The zero-order valence-electron chi connectivity index (χ0n) is 17.9. The van der Waals surface area contributed by atoms with Gasteiger partial charge in [0.25, 0.3) is 5.56 Å². The first-order chi connectivity index (χ1) is 15.2. The molecule has 2 aliphatic rings. The van der Waals surface area contributed by atoms with Crippen molar-refractivity contribution in [2.24, 2.45) is 4.99 Å². The Morgan fingerprint density at radius 3 is 2.97 bits per heavy atom. The van der Waals surface area contributed by atoms with Gasteiger partial charge in [0.05, 0.1) is 11.7 Å². The van der Waals surface area contributed by atoms with Gasteiger partial charge in [-0.25, -0.2) is 4.99 Å². The van der Waals surface area contributed by atoms with Crippen molar-refractivity contribution in [1.29, 1.82) is 0 Å². The Morgan fingerprint density at radius 2 is 2.22 bits per heavy atom. The minimum Gasteiger partial charge on any atom is -0.463 e. The third kappa shape index (κ3) is 3.83. The molecule has 0 aliphatic carbocycles. The Morgan fingerprint density at radius 1 is 1.44 bits per heavy atom. The predicted molar refractivity (Wildman–Crippen MR) is 118 cm³/mol. The second-order valence-corrected chi connectivity index (χ2v) is 8.29. The molecule has 172 valence electrons. The highest BCUT2D eigenvalue weighted by atomic mass is 16.6. The first kappa shape index (κ1) is 22.2. The van der Waals surface area contributed by atoms with Crippen molar-refractivity contribution in [3.05, 3.63) is 22.6 Å². The number of unbranched alkanes of at least 4 members (excludes halogenated alkanes) is 2. The van der Waals surface area contributed by atoms with Crippen LogP contribution in [0.3, 0.4) is 0 Å². The molecule has 5 N–H and O–H groups in total. The molecular weight excluding hydrogens is 418 g/mol. The van der Waals surface area contributed by atoms with Gasteiger partial charge < -0.3 is 35.3 Å². The van der Waals surface area contributed by atoms with E-state index < -0.39 is 29.6 Å². The molecule has 11 nitrogen and oxygen atoms in total. The van der Waals surface area contributed by atoms with Gasteiger partial charge in [0.1, 0.15) is 36.1 Å². The van der Waals surface area contributed by atoms with E-state index in [4.69, 9.17) is 15.2 Å². The normalized spacial score (nSPS) is 26.3. The molecule has 32 heavy (non-hydrogen) atoms. The summed E-state index contributed by atoms with van der Waals surface area (Å²) in [5.74, 6) is 0.263. The van der Waals surface area contributed by atoms with E-state index in [2.05, 4.69) is 15.3 Å². The molecule has 0 amide bonds. The molecule has 1 fully saturated rings. The molecule has 4 rings (SSSR count). The van der Waals surface area contributed by atoms with Crippen molar-refractivity contribution in [3.8, 4) is 0 Å². The first-order valence-corrected chi connectivity index (χ1v) is 10.6. The number of anilines is 2. The predicted octanol–water partition coefficient (Wildman–Crippen LogP) is 1.20. The van der Waals surface area contributed by atoms with Gasteiger partial charge in [-0.05, 0) is 13.3 Å². The van der Waals surface area contributed by atoms with Gasteiger partial charge in [0.15, 0.2) is 6.23 Å². The van der Waals surface area contributed by atoms with Gasteiger partial charge in [-0.1, -0.05) is 19.8 Å². The largest absolute Gasteiger partial charge is 0.463 e. The summed E-state index contributed by atoms with van der Waals surface area (Å²) in [7, 11) is 0. The molecule has 0 unspecified atom stereocenters. The van der Waals surface area contributed by atoms with Gasteiger partial charge >= 0.3 is 5.97 Å². The van der Waals surface area contributed by atoms with E-state index in [1.165, 1.54) is 19.3 Å². The summed E-state index contributed by atoms with van der Waals surface area (Å²) in [5, 5.41) is 25.6. The van der Waals surface area contributed by atoms with Crippen molar-refractivity contribution < 1.29 is 24.5 Å².